The highest BCUT2D eigenvalue weighted by molar-refractivity contribution is 6.30. The molecular formula is C30H43Cl. The molecule has 0 aromatic heterocycles. The van der Waals surface area contributed by atoms with Gasteiger partial charge >= 0.3 is 0 Å². The van der Waals surface area contributed by atoms with E-state index in [4.69, 9.17) is 11.6 Å². The first kappa shape index (κ1) is 24.4. The van der Waals surface area contributed by atoms with Crippen molar-refractivity contribution in [3.8, 4) is 11.1 Å². The smallest absolute Gasteiger partial charge is 0.0409 e. The van der Waals surface area contributed by atoms with Crippen LogP contribution in [-0.2, 0) is 5.41 Å². The largest absolute Gasteiger partial charge is 0.0843 e. The number of fused-ring (bicyclic) bond motifs is 3. The lowest BCUT2D eigenvalue weighted by molar-refractivity contribution is 0.397. The van der Waals surface area contributed by atoms with Crippen molar-refractivity contribution in [3.05, 3.63) is 58.1 Å². The van der Waals surface area contributed by atoms with E-state index in [0.29, 0.717) is 0 Å². The summed E-state index contributed by atoms with van der Waals surface area (Å²) in [4.78, 5) is 0. The Morgan fingerprint density at radius 2 is 1.10 bits per heavy atom. The minimum Gasteiger partial charge on any atom is -0.0843 e. The molecule has 0 saturated heterocycles. The van der Waals surface area contributed by atoms with Crippen LogP contribution in [0.1, 0.15) is 120 Å². The third-order valence-electron chi connectivity index (χ3n) is 7.39. The average Bonchev–Trinajstić information content (AvgIpc) is 3.02. The zero-order valence-corrected chi connectivity index (χ0v) is 21.0. The van der Waals surface area contributed by atoms with Crippen molar-refractivity contribution < 1.29 is 0 Å². The average molecular weight is 439 g/mol. The third-order valence-corrected chi connectivity index (χ3v) is 7.63. The summed E-state index contributed by atoms with van der Waals surface area (Å²) in [6, 6.07) is 13.8. The standard InChI is InChI=1S/C30H43Cl/c1-4-6-8-10-12-14-20-30(21-15-13-11-9-7-5-2)28-22-24(3)16-18-26(28)27-19-17-25(31)23-29(27)30/h16-19,22-23H,4-15,20-21H2,1-3H3. The fourth-order valence-corrected chi connectivity index (χ4v) is 5.83. The van der Waals surface area contributed by atoms with Crippen LogP contribution in [0.2, 0.25) is 5.02 Å². The van der Waals surface area contributed by atoms with E-state index in [1.54, 1.807) is 5.56 Å². The summed E-state index contributed by atoms with van der Waals surface area (Å²) in [6.45, 7) is 6.85. The molecule has 2 aromatic carbocycles. The molecule has 0 bridgehead atoms. The number of aryl methyl sites for hydroxylation is 1. The van der Waals surface area contributed by atoms with Gasteiger partial charge in [-0.2, -0.15) is 0 Å². The van der Waals surface area contributed by atoms with Crippen LogP contribution in [0.4, 0.5) is 0 Å². The summed E-state index contributed by atoms with van der Waals surface area (Å²) >= 11 is 6.56. The minimum atomic E-state index is 0.150. The molecule has 0 amide bonds. The van der Waals surface area contributed by atoms with E-state index in [1.807, 2.05) is 0 Å². The Labute approximate surface area is 196 Å². The zero-order valence-electron chi connectivity index (χ0n) is 20.2. The van der Waals surface area contributed by atoms with Crippen molar-refractivity contribution in [3.63, 3.8) is 0 Å². The molecule has 0 fully saturated rings. The highest BCUT2D eigenvalue weighted by atomic mass is 35.5. The molecular weight excluding hydrogens is 396 g/mol. The maximum Gasteiger partial charge on any atom is 0.0409 e. The Balaban J connectivity index is 1.85. The minimum absolute atomic E-state index is 0.150. The summed E-state index contributed by atoms with van der Waals surface area (Å²) in [7, 11) is 0. The molecule has 1 aliphatic carbocycles. The van der Waals surface area contributed by atoms with Gasteiger partial charge in [0.2, 0.25) is 0 Å². The van der Waals surface area contributed by atoms with Gasteiger partial charge in [0, 0.05) is 10.4 Å². The molecule has 1 heteroatoms. The highest BCUT2D eigenvalue weighted by Gasteiger charge is 2.42. The Morgan fingerprint density at radius 3 is 1.68 bits per heavy atom. The van der Waals surface area contributed by atoms with Crippen molar-refractivity contribution in [2.45, 2.75) is 116 Å². The molecule has 170 valence electrons. The second-order valence-corrected chi connectivity index (χ2v) is 10.3. The maximum atomic E-state index is 6.56. The molecule has 0 aliphatic heterocycles. The van der Waals surface area contributed by atoms with E-state index in [1.165, 1.54) is 112 Å². The first-order valence-corrected chi connectivity index (χ1v) is 13.4. The molecule has 1 aliphatic rings. The molecule has 0 unspecified atom stereocenters. The topological polar surface area (TPSA) is 0 Å². The molecule has 0 spiro atoms. The first-order chi connectivity index (χ1) is 15.1. The molecule has 0 radical (unpaired) electrons. The van der Waals surface area contributed by atoms with E-state index in [2.05, 4.69) is 57.2 Å². The van der Waals surface area contributed by atoms with E-state index in [9.17, 15) is 0 Å². The van der Waals surface area contributed by atoms with Gasteiger partial charge in [0.15, 0.2) is 0 Å². The first-order valence-electron chi connectivity index (χ1n) is 13.0. The van der Waals surface area contributed by atoms with Gasteiger partial charge in [-0.05, 0) is 54.2 Å². The van der Waals surface area contributed by atoms with E-state index in [-0.39, 0.29) is 5.41 Å². The molecule has 0 saturated carbocycles. The van der Waals surface area contributed by atoms with Crippen molar-refractivity contribution in [2.75, 3.05) is 0 Å². The van der Waals surface area contributed by atoms with Crippen LogP contribution in [0.5, 0.6) is 0 Å². The van der Waals surface area contributed by atoms with Crippen LogP contribution in [0.15, 0.2) is 36.4 Å². The van der Waals surface area contributed by atoms with E-state index < -0.39 is 0 Å². The Bertz CT molecular complexity index is 750. The van der Waals surface area contributed by atoms with Gasteiger partial charge in [0.25, 0.3) is 0 Å². The monoisotopic (exact) mass is 438 g/mol. The fraction of sp³-hybridized carbons (Fsp3) is 0.600. The molecule has 0 N–H and O–H groups in total. The number of rotatable bonds is 14. The van der Waals surface area contributed by atoms with Crippen molar-refractivity contribution in [2.24, 2.45) is 0 Å². The van der Waals surface area contributed by atoms with Gasteiger partial charge in [-0.25, -0.2) is 0 Å². The number of unbranched alkanes of at least 4 members (excludes halogenated alkanes) is 10. The molecule has 0 nitrogen and oxygen atoms in total. The van der Waals surface area contributed by atoms with Crippen molar-refractivity contribution in [1.82, 2.24) is 0 Å². The zero-order chi connectivity index (χ0) is 22.1. The van der Waals surface area contributed by atoms with Gasteiger partial charge in [-0.1, -0.05) is 132 Å². The molecule has 0 heterocycles. The number of hydrogen-bond donors (Lipinski definition) is 0. The molecule has 0 atom stereocenters. The summed E-state index contributed by atoms with van der Waals surface area (Å²) in [5.41, 5.74) is 7.49. The van der Waals surface area contributed by atoms with E-state index >= 15 is 0 Å². The second-order valence-electron chi connectivity index (χ2n) is 9.86. The third kappa shape index (κ3) is 5.95. The molecule has 31 heavy (non-hydrogen) atoms. The van der Waals surface area contributed by atoms with Crippen LogP contribution in [0.3, 0.4) is 0 Å². The number of hydrogen-bond acceptors (Lipinski definition) is 0. The summed E-state index contributed by atoms with van der Waals surface area (Å²) in [5, 5.41) is 0.888. The Morgan fingerprint density at radius 1 is 0.613 bits per heavy atom. The summed E-state index contributed by atoms with van der Waals surface area (Å²) in [5.74, 6) is 0. The predicted molar refractivity (Wildman–Crippen MR) is 138 cm³/mol. The second kappa shape index (κ2) is 12.1. The van der Waals surface area contributed by atoms with Crippen LogP contribution >= 0.6 is 11.6 Å². The Hall–Kier alpha value is -1.27. The van der Waals surface area contributed by atoms with Crippen LogP contribution < -0.4 is 0 Å². The van der Waals surface area contributed by atoms with Crippen LogP contribution in [0, 0.1) is 6.92 Å². The van der Waals surface area contributed by atoms with Crippen molar-refractivity contribution in [1.29, 1.82) is 0 Å². The summed E-state index contributed by atoms with van der Waals surface area (Å²) in [6.07, 6.45) is 18.8. The van der Waals surface area contributed by atoms with Crippen molar-refractivity contribution >= 4 is 11.6 Å². The maximum absolute atomic E-state index is 6.56. The van der Waals surface area contributed by atoms with E-state index in [0.717, 1.165) is 5.02 Å². The predicted octanol–water partition coefficient (Wildman–Crippen LogP) is 10.4. The van der Waals surface area contributed by atoms with Gasteiger partial charge in [0.1, 0.15) is 0 Å². The number of halogens is 1. The molecule has 3 rings (SSSR count). The van der Waals surface area contributed by atoms with Gasteiger partial charge in [-0.3, -0.25) is 0 Å². The van der Waals surface area contributed by atoms with Crippen LogP contribution in [0.25, 0.3) is 11.1 Å². The lowest BCUT2D eigenvalue weighted by atomic mass is 9.70. The normalized spacial score (nSPS) is 13.9. The van der Waals surface area contributed by atoms with Crippen LogP contribution in [-0.4, -0.2) is 0 Å². The quantitative estimate of drug-likeness (QED) is 0.257. The lowest BCUT2D eigenvalue weighted by Gasteiger charge is -2.33. The highest BCUT2D eigenvalue weighted by Crippen LogP contribution is 2.54. The SMILES string of the molecule is CCCCCCCCC1(CCCCCCCC)c2cc(C)ccc2-c2ccc(Cl)cc21. The Kier molecular flexibility index (Phi) is 9.51. The van der Waals surface area contributed by atoms with Gasteiger partial charge in [-0.15, -0.1) is 0 Å². The molecule has 2 aromatic rings. The van der Waals surface area contributed by atoms with Gasteiger partial charge in [0.05, 0.1) is 0 Å². The fourth-order valence-electron chi connectivity index (χ4n) is 5.66. The van der Waals surface area contributed by atoms with Gasteiger partial charge < -0.3 is 0 Å². The lowest BCUT2D eigenvalue weighted by Crippen LogP contribution is -2.25. The summed E-state index contributed by atoms with van der Waals surface area (Å²) < 4.78 is 0. The number of benzene rings is 2.